The van der Waals surface area contributed by atoms with Crippen molar-refractivity contribution in [1.29, 1.82) is 0 Å². The summed E-state index contributed by atoms with van der Waals surface area (Å²) in [6.07, 6.45) is 5.61. The van der Waals surface area contributed by atoms with Crippen molar-refractivity contribution in [2.45, 2.75) is 55.5 Å². The number of amides is 1. The minimum atomic E-state index is -3.40. The maximum atomic E-state index is 12.4. The third-order valence-corrected chi connectivity index (χ3v) is 7.03. The van der Waals surface area contributed by atoms with Gasteiger partial charge in [0, 0.05) is 44.7 Å². The molecule has 3 fully saturated rings. The number of sulfonamides is 1. The molecule has 1 aromatic carbocycles. The molecule has 0 aromatic heterocycles. The zero-order valence-corrected chi connectivity index (χ0v) is 15.9. The van der Waals surface area contributed by atoms with Crippen LogP contribution in [0.1, 0.15) is 37.7 Å². The second-order valence-corrected chi connectivity index (χ2v) is 9.40. The van der Waals surface area contributed by atoms with E-state index in [9.17, 15) is 13.2 Å². The Hall–Kier alpha value is -1.44. The Bertz CT molecular complexity index is 747. The Morgan fingerprint density at radius 2 is 1.65 bits per heavy atom. The van der Waals surface area contributed by atoms with E-state index in [1.807, 2.05) is 17.0 Å². The molecule has 0 radical (unpaired) electrons. The van der Waals surface area contributed by atoms with Gasteiger partial charge in [0.05, 0.1) is 4.90 Å². The molecule has 142 valence electrons. The smallest absolute Gasteiger partial charge is 0.240 e. The molecule has 1 aliphatic heterocycles. The first-order valence-corrected chi connectivity index (χ1v) is 11.1. The molecule has 2 aliphatic carbocycles. The van der Waals surface area contributed by atoms with Crippen LogP contribution >= 0.6 is 0 Å². The van der Waals surface area contributed by atoms with Crippen LogP contribution < -0.4 is 4.72 Å². The highest BCUT2D eigenvalue weighted by Crippen LogP contribution is 2.27. The van der Waals surface area contributed by atoms with Crippen molar-refractivity contribution in [1.82, 2.24) is 14.5 Å². The molecule has 7 heteroatoms. The van der Waals surface area contributed by atoms with Crippen molar-refractivity contribution in [3.63, 3.8) is 0 Å². The number of aryl methyl sites for hydroxylation is 1. The summed E-state index contributed by atoms with van der Waals surface area (Å²) in [6.45, 7) is 3.66. The fourth-order valence-corrected chi connectivity index (χ4v) is 4.81. The minimum absolute atomic E-state index is 0.109. The molecular weight excluding hydrogens is 350 g/mol. The lowest BCUT2D eigenvalue weighted by atomic mass is 10.1. The Morgan fingerprint density at radius 3 is 2.23 bits per heavy atom. The van der Waals surface area contributed by atoms with Crippen LogP contribution in [0.25, 0.3) is 0 Å². The summed E-state index contributed by atoms with van der Waals surface area (Å²) in [5.74, 6) is 0.201. The van der Waals surface area contributed by atoms with Crippen molar-refractivity contribution in [2.75, 3.05) is 26.2 Å². The van der Waals surface area contributed by atoms with E-state index in [2.05, 4.69) is 9.62 Å². The topological polar surface area (TPSA) is 69.7 Å². The molecule has 1 heterocycles. The molecular formula is C19H27N3O3S. The first-order valence-electron chi connectivity index (χ1n) is 9.64. The predicted octanol–water partition coefficient (Wildman–Crippen LogP) is 1.37. The van der Waals surface area contributed by atoms with Crippen molar-refractivity contribution in [3.05, 3.63) is 29.8 Å². The molecule has 4 rings (SSSR count). The van der Waals surface area contributed by atoms with Gasteiger partial charge in [-0.15, -0.1) is 0 Å². The van der Waals surface area contributed by atoms with Gasteiger partial charge >= 0.3 is 0 Å². The molecule has 1 amide bonds. The largest absolute Gasteiger partial charge is 0.340 e. The molecule has 1 saturated heterocycles. The number of piperazine rings is 1. The van der Waals surface area contributed by atoms with Crippen LogP contribution in [0.5, 0.6) is 0 Å². The zero-order valence-electron chi connectivity index (χ0n) is 15.1. The molecule has 26 heavy (non-hydrogen) atoms. The highest BCUT2D eigenvalue weighted by atomic mass is 32.2. The van der Waals surface area contributed by atoms with E-state index in [0.717, 1.165) is 50.6 Å². The summed E-state index contributed by atoms with van der Waals surface area (Å²) in [7, 11) is -3.40. The van der Waals surface area contributed by atoms with Crippen LogP contribution in [0.2, 0.25) is 0 Å². The van der Waals surface area contributed by atoms with Gasteiger partial charge in [0.15, 0.2) is 0 Å². The monoisotopic (exact) mass is 377 g/mol. The van der Waals surface area contributed by atoms with E-state index in [-0.39, 0.29) is 11.9 Å². The molecule has 0 bridgehead atoms. The maximum Gasteiger partial charge on any atom is 0.240 e. The van der Waals surface area contributed by atoms with E-state index in [4.69, 9.17) is 0 Å². The molecule has 2 saturated carbocycles. The van der Waals surface area contributed by atoms with E-state index in [1.165, 1.54) is 12.8 Å². The third kappa shape index (κ3) is 4.45. The van der Waals surface area contributed by atoms with Crippen LogP contribution in [0.4, 0.5) is 0 Å². The molecule has 0 unspecified atom stereocenters. The second kappa shape index (κ2) is 7.29. The maximum absolute atomic E-state index is 12.4. The average Bonchev–Trinajstić information content (AvgIpc) is 3.54. The third-order valence-electron chi connectivity index (χ3n) is 5.49. The molecule has 0 atom stereocenters. The number of nitrogens with one attached hydrogen (secondary N) is 1. The molecule has 6 nitrogen and oxygen atoms in total. The first kappa shape index (κ1) is 17.9. The van der Waals surface area contributed by atoms with Gasteiger partial charge in [-0.25, -0.2) is 13.1 Å². The van der Waals surface area contributed by atoms with Gasteiger partial charge in [0.1, 0.15) is 0 Å². The van der Waals surface area contributed by atoms with E-state index in [1.54, 1.807) is 12.1 Å². The number of rotatable bonds is 7. The summed E-state index contributed by atoms with van der Waals surface area (Å²) in [5, 5.41) is 0. The van der Waals surface area contributed by atoms with Gasteiger partial charge in [-0.3, -0.25) is 9.69 Å². The molecule has 3 aliphatic rings. The van der Waals surface area contributed by atoms with Gasteiger partial charge in [-0.05, 0) is 49.8 Å². The van der Waals surface area contributed by atoms with Crippen LogP contribution in [0.15, 0.2) is 29.2 Å². The predicted molar refractivity (Wildman–Crippen MR) is 99.3 cm³/mol. The molecule has 0 spiro atoms. The SMILES string of the molecule is O=C(CCc1ccc(S(=O)(=O)NC2CC2)cc1)N1CCN(C2CC2)CC1. The highest BCUT2D eigenvalue weighted by Gasteiger charge is 2.32. The minimum Gasteiger partial charge on any atom is -0.340 e. The standard InChI is InChI=1S/C19H27N3O3S/c23-19(22-13-11-21(12-14-22)17-6-7-17)10-3-15-1-8-18(9-2-15)26(24,25)20-16-4-5-16/h1-2,8-9,16-17,20H,3-7,10-14H2. The Labute approximate surface area is 155 Å². The fraction of sp³-hybridized carbons (Fsp3) is 0.632. The van der Waals surface area contributed by atoms with Crippen LogP contribution in [-0.2, 0) is 21.2 Å². The molecule has 1 N–H and O–H groups in total. The summed E-state index contributed by atoms with van der Waals surface area (Å²) < 4.78 is 27.0. The first-order chi connectivity index (χ1) is 12.5. The van der Waals surface area contributed by atoms with Crippen molar-refractivity contribution >= 4 is 15.9 Å². The van der Waals surface area contributed by atoms with Crippen molar-refractivity contribution in [2.24, 2.45) is 0 Å². The van der Waals surface area contributed by atoms with Crippen molar-refractivity contribution in [3.8, 4) is 0 Å². The van der Waals surface area contributed by atoms with Crippen LogP contribution in [0, 0.1) is 0 Å². The number of nitrogens with zero attached hydrogens (tertiary/aromatic N) is 2. The zero-order chi connectivity index (χ0) is 18.1. The van der Waals surface area contributed by atoms with Gasteiger partial charge in [-0.2, -0.15) is 0 Å². The van der Waals surface area contributed by atoms with Gasteiger partial charge in [0.25, 0.3) is 0 Å². The van der Waals surface area contributed by atoms with Crippen LogP contribution in [0.3, 0.4) is 0 Å². The average molecular weight is 378 g/mol. The quantitative estimate of drug-likeness (QED) is 0.779. The number of hydrogen-bond acceptors (Lipinski definition) is 4. The number of carbonyl (C=O) groups excluding carboxylic acids is 1. The normalized spacial score (nSPS) is 21.8. The lowest BCUT2D eigenvalue weighted by Gasteiger charge is -2.34. The van der Waals surface area contributed by atoms with Crippen LogP contribution in [-0.4, -0.2) is 62.4 Å². The van der Waals surface area contributed by atoms with Gasteiger partial charge in [0.2, 0.25) is 15.9 Å². The Kier molecular flexibility index (Phi) is 5.03. The second-order valence-electron chi connectivity index (χ2n) is 7.69. The summed E-state index contributed by atoms with van der Waals surface area (Å²) in [4.78, 5) is 17.2. The van der Waals surface area contributed by atoms with Gasteiger partial charge < -0.3 is 4.90 Å². The summed E-state index contributed by atoms with van der Waals surface area (Å²) in [6, 6.07) is 7.80. The number of hydrogen-bond donors (Lipinski definition) is 1. The summed E-state index contributed by atoms with van der Waals surface area (Å²) >= 11 is 0. The van der Waals surface area contributed by atoms with E-state index < -0.39 is 10.0 Å². The lowest BCUT2D eigenvalue weighted by molar-refractivity contribution is -0.133. The van der Waals surface area contributed by atoms with E-state index in [0.29, 0.717) is 17.7 Å². The van der Waals surface area contributed by atoms with E-state index >= 15 is 0 Å². The summed E-state index contributed by atoms with van der Waals surface area (Å²) in [5.41, 5.74) is 1.00. The molecule has 1 aromatic rings. The number of carbonyl (C=O) groups is 1. The number of benzene rings is 1. The Morgan fingerprint density at radius 1 is 1.00 bits per heavy atom. The highest BCUT2D eigenvalue weighted by molar-refractivity contribution is 7.89. The van der Waals surface area contributed by atoms with Gasteiger partial charge in [-0.1, -0.05) is 12.1 Å². The lowest BCUT2D eigenvalue weighted by Crippen LogP contribution is -2.49. The Balaban J connectivity index is 1.25. The fourth-order valence-electron chi connectivity index (χ4n) is 3.51. The van der Waals surface area contributed by atoms with Crippen molar-refractivity contribution < 1.29 is 13.2 Å².